The van der Waals surface area contributed by atoms with E-state index in [-0.39, 0.29) is 0 Å². The largest absolute Gasteiger partial charge is 0.368 e. The molecule has 0 atom stereocenters. The van der Waals surface area contributed by atoms with Crippen molar-refractivity contribution in [2.45, 2.75) is 5.88 Å². The Morgan fingerprint density at radius 3 is 3.19 bits per heavy atom. The van der Waals surface area contributed by atoms with Crippen LogP contribution in [0.4, 0.5) is 0 Å². The van der Waals surface area contributed by atoms with Gasteiger partial charge in [-0.1, -0.05) is 0 Å². The zero-order valence-corrected chi connectivity index (χ0v) is 9.28. The Balaban J connectivity index is 2.19. The maximum Gasteiger partial charge on any atom is 0.166 e. The third-order valence-electron chi connectivity index (χ3n) is 2.46. The topological polar surface area (TPSA) is 54.6 Å². The number of hydrogen-bond acceptors (Lipinski definition) is 4. The summed E-state index contributed by atoms with van der Waals surface area (Å²) < 4.78 is 1.73. The lowest BCUT2D eigenvalue weighted by Gasteiger charge is -2.02. The van der Waals surface area contributed by atoms with E-state index in [2.05, 4.69) is 20.4 Å². The lowest BCUT2D eigenvalue weighted by molar-refractivity contribution is 0.921. The van der Waals surface area contributed by atoms with E-state index in [4.69, 9.17) is 11.6 Å². The number of halogens is 1. The number of fused-ring (bicyclic) bond motifs is 1. The summed E-state index contributed by atoms with van der Waals surface area (Å²) in [6, 6.07) is 3.91. The van der Waals surface area contributed by atoms with E-state index < -0.39 is 0 Å². The highest BCUT2D eigenvalue weighted by Gasteiger charge is 2.14. The molecule has 0 aromatic carbocycles. The quantitative estimate of drug-likeness (QED) is 0.784. The molecule has 3 heterocycles. The summed E-state index contributed by atoms with van der Waals surface area (Å²) in [5.41, 5.74) is 1.77. The second-order valence-corrected chi connectivity index (χ2v) is 3.78. The summed E-state index contributed by atoms with van der Waals surface area (Å²) in [6.07, 6.45) is 1.86. The molecule has 0 fully saturated rings. The van der Waals surface area contributed by atoms with Crippen molar-refractivity contribution in [1.29, 1.82) is 0 Å². The maximum atomic E-state index is 5.73. The molecule has 2 aromatic rings. The van der Waals surface area contributed by atoms with Crippen LogP contribution in [0.15, 0.2) is 23.3 Å². The van der Waals surface area contributed by atoms with E-state index >= 15 is 0 Å². The van der Waals surface area contributed by atoms with Crippen LogP contribution in [-0.2, 0) is 5.88 Å². The minimum Gasteiger partial charge on any atom is -0.368 e. The fourth-order valence-corrected chi connectivity index (χ4v) is 1.88. The van der Waals surface area contributed by atoms with Crippen LogP contribution in [0.1, 0.15) is 11.4 Å². The molecule has 0 aliphatic carbocycles. The van der Waals surface area contributed by atoms with Crippen molar-refractivity contribution < 1.29 is 0 Å². The number of hydrogen-bond donors (Lipinski definition) is 1. The fraction of sp³-hybridized carbons (Fsp3) is 0.300. The molecule has 1 N–H and O–H groups in total. The fourth-order valence-electron chi connectivity index (χ4n) is 1.77. The average molecular weight is 236 g/mol. The molecule has 0 spiro atoms. The first-order valence-electron chi connectivity index (χ1n) is 5.07. The minimum atomic E-state index is 0.320. The predicted octanol–water partition coefficient (Wildman–Crippen LogP) is 0.818. The lowest BCUT2D eigenvalue weighted by atomic mass is 10.2. The molecule has 16 heavy (non-hydrogen) atoms. The molecule has 0 saturated carbocycles. The first kappa shape index (κ1) is 9.59. The van der Waals surface area contributed by atoms with Crippen molar-refractivity contribution in [1.82, 2.24) is 19.9 Å². The average Bonchev–Trinajstić information content (AvgIpc) is 2.97. The van der Waals surface area contributed by atoms with Gasteiger partial charge in [0, 0.05) is 12.7 Å². The molecule has 82 valence electrons. The van der Waals surface area contributed by atoms with Gasteiger partial charge in [0.05, 0.1) is 18.0 Å². The van der Waals surface area contributed by atoms with Crippen molar-refractivity contribution in [2.24, 2.45) is 4.99 Å². The third kappa shape index (κ3) is 1.44. The van der Waals surface area contributed by atoms with Crippen molar-refractivity contribution in [3.63, 3.8) is 0 Å². The van der Waals surface area contributed by atoms with E-state index in [0.29, 0.717) is 11.7 Å². The Bertz CT molecular complexity index is 559. The summed E-state index contributed by atoms with van der Waals surface area (Å²) in [5, 5.41) is 7.48. The molecule has 1 aliphatic rings. The molecule has 0 saturated heterocycles. The summed E-state index contributed by atoms with van der Waals surface area (Å²) in [7, 11) is 0. The van der Waals surface area contributed by atoms with Crippen molar-refractivity contribution in [2.75, 3.05) is 13.1 Å². The molecule has 0 unspecified atom stereocenters. The summed E-state index contributed by atoms with van der Waals surface area (Å²) in [4.78, 5) is 8.76. The molecule has 6 heteroatoms. The number of amidine groups is 1. The van der Waals surface area contributed by atoms with Crippen LogP contribution in [0.5, 0.6) is 0 Å². The Morgan fingerprint density at radius 1 is 1.50 bits per heavy atom. The number of aliphatic imine (C=N–C) groups is 1. The zero-order chi connectivity index (χ0) is 11.0. The van der Waals surface area contributed by atoms with Gasteiger partial charge in [0.2, 0.25) is 0 Å². The minimum absolute atomic E-state index is 0.320. The lowest BCUT2D eigenvalue weighted by Crippen LogP contribution is -2.20. The van der Waals surface area contributed by atoms with Gasteiger partial charge < -0.3 is 5.32 Å². The van der Waals surface area contributed by atoms with Crippen molar-refractivity contribution in [3.8, 4) is 0 Å². The molecule has 3 rings (SSSR count). The zero-order valence-electron chi connectivity index (χ0n) is 8.52. The summed E-state index contributed by atoms with van der Waals surface area (Å²) in [6.45, 7) is 1.69. The SMILES string of the molecule is ClCc1nc2c(C3=NCCN3)cccn2n1. The monoisotopic (exact) mass is 235 g/mol. The molecule has 2 aromatic heterocycles. The highest BCUT2D eigenvalue weighted by atomic mass is 35.5. The molecule has 5 nitrogen and oxygen atoms in total. The van der Waals surface area contributed by atoms with Gasteiger partial charge in [0.1, 0.15) is 5.84 Å². The van der Waals surface area contributed by atoms with Gasteiger partial charge in [0.15, 0.2) is 11.5 Å². The van der Waals surface area contributed by atoms with Crippen LogP contribution < -0.4 is 5.32 Å². The Morgan fingerprint density at radius 2 is 2.44 bits per heavy atom. The van der Waals surface area contributed by atoms with Crippen LogP contribution in [-0.4, -0.2) is 33.5 Å². The first-order valence-corrected chi connectivity index (χ1v) is 5.61. The molecule has 0 bridgehead atoms. The van der Waals surface area contributed by atoms with Crippen LogP contribution in [0.25, 0.3) is 5.65 Å². The predicted molar refractivity (Wildman–Crippen MR) is 62.0 cm³/mol. The number of pyridine rings is 1. The van der Waals surface area contributed by atoms with Gasteiger partial charge >= 0.3 is 0 Å². The van der Waals surface area contributed by atoms with E-state index in [9.17, 15) is 0 Å². The molecular weight excluding hydrogens is 226 g/mol. The second kappa shape index (κ2) is 3.75. The van der Waals surface area contributed by atoms with Gasteiger partial charge in [0.25, 0.3) is 0 Å². The van der Waals surface area contributed by atoms with E-state index in [1.165, 1.54) is 0 Å². The van der Waals surface area contributed by atoms with E-state index in [1.54, 1.807) is 4.52 Å². The van der Waals surface area contributed by atoms with Crippen molar-refractivity contribution in [3.05, 3.63) is 29.7 Å². The third-order valence-corrected chi connectivity index (χ3v) is 2.69. The number of rotatable bonds is 2. The van der Waals surface area contributed by atoms with Crippen molar-refractivity contribution >= 4 is 23.1 Å². The van der Waals surface area contributed by atoms with Gasteiger partial charge in [-0.2, -0.15) is 0 Å². The van der Waals surface area contributed by atoms with E-state index in [1.807, 2.05) is 18.3 Å². The number of nitrogens with one attached hydrogen (secondary N) is 1. The molecule has 0 radical (unpaired) electrons. The van der Waals surface area contributed by atoms with Crippen LogP contribution in [0.2, 0.25) is 0 Å². The molecule has 1 aliphatic heterocycles. The van der Waals surface area contributed by atoms with Gasteiger partial charge in [-0.3, -0.25) is 4.99 Å². The highest BCUT2D eigenvalue weighted by molar-refractivity contribution is 6.16. The Kier molecular flexibility index (Phi) is 2.25. The Hall–Kier alpha value is -1.62. The van der Waals surface area contributed by atoms with E-state index in [0.717, 1.165) is 30.1 Å². The number of alkyl halides is 1. The summed E-state index contributed by atoms with van der Waals surface area (Å²) >= 11 is 5.73. The normalized spacial score (nSPS) is 15.2. The first-order chi connectivity index (χ1) is 7.88. The Labute approximate surface area is 97.2 Å². The molecule has 0 amide bonds. The smallest absolute Gasteiger partial charge is 0.166 e. The van der Waals surface area contributed by atoms with Gasteiger partial charge in [-0.25, -0.2) is 9.50 Å². The van der Waals surface area contributed by atoms with Crippen LogP contribution >= 0.6 is 11.6 Å². The number of aromatic nitrogens is 3. The van der Waals surface area contributed by atoms with Crippen LogP contribution in [0.3, 0.4) is 0 Å². The van der Waals surface area contributed by atoms with Crippen LogP contribution in [0, 0.1) is 0 Å². The van der Waals surface area contributed by atoms with Gasteiger partial charge in [-0.05, 0) is 12.1 Å². The second-order valence-electron chi connectivity index (χ2n) is 3.51. The maximum absolute atomic E-state index is 5.73. The van der Waals surface area contributed by atoms with Gasteiger partial charge in [-0.15, -0.1) is 16.7 Å². The number of nitrogens with zero attached hydrogens (tertiary/aromatic N) is 4. The highest BCUT2D eigenvalue weighted by Crippen LogP contribution is 2.11. The standard InChI is InChI=1S/C10H10ClN5/c11-6-8-14-10-7(9-12-3-4-13-9)2-1-5-16(10)15-8/h1-2,5H,3-4,6H2,(H,12,13). The molecular formula is C10H10ClN5. The summed E-state index contributed by atoms with van der Waals surface area (Å²) in [5.74, 6) is 1.84.